The highest BCUT2D eigenvalue weighted by molar-refractivity contribution is 6.34. The molecule has 3 aromatic rings. The lowest BCUT2D eigenvalue weighted by atomic mass is 10.1. The SMILES string of the molecule is CC1CNCCN1CCOc1cc(OC2CCOCC2)c2c(Nc3c(Cl)ccc4c3OCO4)ncnc2c1. The first kappa shape index (κ1) is 25.2. The Bertz CT molecular complexity index is 1290. The fraction of sp³-hybridized carbons (Fsp3) is 0.481. The molecule has 202 valence electrons. The molecule has 1 unspecified atom stereocenters. The van der Waals surface area contributed by atoms with Gasteiger partial charge in [0.15, 0.2) is 11.5 Å². The van der Waals surface area contributed by atoms with Crippen molar-refractivity contribution in [2.75, 3.05) is 58.1 Å². The zero-order valence-electron chi connectivity index (χ0n) is 21.4. The van der Waals surface area contributed by atoms with E-state index in [0.717, 1.165) is 44.4 Å². The van der Waals surface area contributed by atoms with Gasteiger partial charge in [0.25, 0.3) is 0 Å². The second-order valence-electron chi connectivity index (χ2n) is 9.69. The molecule has 3 aliphatic heterocycles. The van der Waals surface area contributed by atoms with E-state index in [2.05, 4.69) is 32.4 Å². The Hall–Kier alpha value is -3.05. The molecule has 38 heavy (non-hydrogen) atoms. The minimum atomic E-state index is 0.0262. The Balaban J connectivity index is 1.31. The van der Waals surface area contributed by atoms with Crippen molar-refractivity contribution < 1.29 is 23.7 Å². The van der Waals surface area contributed by atoms with Crippen molar-refractivity contribution in [3.63, 3.8) is 0 Å². The molecule has 10 nitrogen and oxygen atoms in total. The van der Waals surface area contributed by atoms with Crippen LogP contribution in [0.4, 0.5) is 11.5 Å². The number of piperazine rings is 1. The number of halogens is 1. The van der Waals surface area contributed by atoms with Gasteiger partial charge < -0.3 is 34.3 Å². The van der Waals surface area contributed by atoms with E-state index in [4.69, 9.17) is 35.3 Å². The molecule has 6 rings (SSSR count). The topological polar surface area (TPSA) is 99.2 Å². The van der Waals surface area contributed by atoms with E-state index in [1.165, 1.54) is 6.33 Å². The molecule has 0 amide bonds. The molecule has 11 heteroatoms. The van der Waals surface area contributed by atoms with Gasteiger partial charge in [0.1, 0.15) is 42.0 Å². The molecule has 2 aromatic carbocycles. The van der Waals surface area contributed by atoms with Gasteiger partial charge in [0.2, 0.25) is 6.79 Å². The minimum Gasteiger partial charge on any atom is -0.492 e. The molecule has 0 saturated carbocycles. The summed E-state index contributed by atoms with van der Waals surface area (Å²) in [5.41, 5.74) is 1.29. The van der Waals surface area contributed by atoms with Crippen molar-refractivity contribution in [2.45, 2.75) is 31.9 Å². The summed E-state index contributed by atoms with van der Waals surface area (Å²) in [6, 6.07) is 7.91. The van der Waals surface area contributed by atoms with E-state index in [0.29, 0.717) is 70.9 Å². The Morgan fingerprint density at radius 1 is 1.18 bits per heavy atom. The first-order chi connectivity index (χ1) is 18.7. The van der Waals surface area contributed by atoms with Gasteiger partial charge in [0, 0.05) is 57.2 Å². The van der Waals surface area contributed by atoms with Gasteiger partial charge in [-0.15, -0.1) is 0 Å². The number of benzene rings is 2. The van der Waals surface area contributed by atoms with Crippen LogP contribution < -0.4 is 29.6 Å². The summed E-state index contributed by atoms with van der Waals surface area (Å²) >= 11 is 6.55. The van der Waals surface area contributed by atoms with Gasteiger partial charge in [-0.1, -0.05) is 11.6 Å². The number of ether oxygens (including phenoxy) is 5. The van der Waals surface area contributed by atoms with Crippen LogP contribution in [-0.2, 0) is 4.74 Å². The van der Waals surface area contributed by atoms with Crippen molar-refractivity contribution >= 4 is 34.0 Å². The molecule has 4 heterocycles. The number of nitrogens with one attached hydrogen (secondary N) is 2. The molecule has 1 aromatic heterocycles. The molecule has 2 N–H and O–H groups in total. The van der Waals surface area contributed by atoms with E-state index in [-0.39, 0.29) is 12.9 Å². The van der Waals surface area contributed by atoms with E-state index in [1.807, 2.05) is 12.1 Å². The number of aromatic nitrogens is 2. The molecule has 0 radical (unpaired) electrons. The molecule has 0 aliphatic carbocycles. The van der Waals surface area contributed by atoms with Gasteiger partial charge in [-0.3, -0.25) is 4.90 Å². The van der Waals surface area contributed by atoms with Crippen molar-refractivity contribution in [2.24, 2.45) is 0 Å². The third-order valence-electron chi connectivity index (χ3n) is 7.16. The third kappa shape index (κ3) is 5.40. The molecule has 1 atom stereocenters. The third-order valence-corrected chi connectivity index (χ3v) is 7.47. The van der Waals surface area contributed by atoms with Crippen LogP contribution in [0, 0.1) is 0 Å². The Labute approximate surface area is 226 Å². The van der Waals surface area contributed by atoms with Gasteiger partial charge >= 0.3 is 0 Å². The smallest absolute Gasteiger partial charge is 0.231 e. The van der Waals surface area contributed by atoms with Crippen molar-refractivity contribution in [1.29, 1.82) is 0 Å². The second kappa shape index (κ2) is 11.4. The van der Waals surface area contributed by atoms with Crippen LogP contribution in [0.2, 0.25) is 5.02 Å². The monoisotopic (exact) mass is 541 g/mol. The maximum atomic E-state index is 6.55. The van der Waals surface area contributed by atoms with Gasteiger partial charge in [-0.05, 0) is 19.1 Å². The second-order valence-corrected chi connectivity index (χ2v) is 10.1. The first-order valence-corrected chi connectivity index (χ1v) is 13.5. The fourth-order valence-corrected chi connectivity index (χ4v) is 5.25. The maximum Gasteiger partial charge on any atom is 0.231 e. The summed E-state index contributed by atoms with van der Waals surface area (Å²) < 4.78 is 29.5. The Morgan fingerprint density at radius 3 is 2.95 bits per heavy atom. The van der Waals surface area contributed by atoms with Crippen LogP contribution in [-0.4, -0.2) is 79.8 Å². The fourth-order valence-electron chi connectivity index (χ4n) is 5.05. The zero-order chi connectivity index (χ0) is 25.9. The van der Waals surface area contributed by atoms with Crippen molar-refractivity contribution in [3.8, 4) is 23.0 Å². The van der Waals surface area contributed by atoms with Crippen LogP contribution >= 0.6 is 11.6 Å². The largest absolute Gasteiger partial charge is 0.492 e. The number of anilines is 2. The van der Waals surface area contributed by atoms with Crippen molar-refractivity contribution in [3.05, 3.63) is 35.6 Å². The minimum absolute atomic E-state index is 0.0262. The lowest BCUT2D eigenvalue weighted by Gasteiger charge is -2.33. The van der Waals surface area contributed by atoms with E-state index in [9.17, 15) is 0 Å². The van der Waals surface area contributed by atoms with Gasteiger partial charge in [0.05, 0.1) is 29.1 Å². The standard InChI is InChI=1S/C27H32ClN5O5/c1-17-14-29-6-7-33(17)8-11-35-19-12-21-24(23(13-19)38-18-4-9-34-10-5-18)27(31-15-30-21)32-25-20(28)2-3-22-26(25)37-16-36-22/h2-3,12-13,15,17-18,29H,4-11,14,16H2,1H3,(H,30,31,32). The Kier molecular flexibility index (Phi) is 7.55. The predicted octanol–water partition coefficient (Wildman–Crippen LogP) is 3.99. The maximum absolute atomic E-state index is 6.55. The molecule has 3 aliphatic rings. The molecular weight excluding hydrogens is 510 g/mol. The van der Waals surface area contributed by atoms with Crippen LogP contribution in [0.1, 0.15) is 19.8 Å². The normalized spacial score (nSPS) is 20.0. The summed E-state index contributed by atoms with van der Waals surface area (Å²) in [4.78, 5) is 11.5. The summed E-state index contributed by atoms with van der Waals surface area (Å²) in [6.07, 6.45) is 3.17. The van der Waals surface area contributed by atoms with Crippen LogP contribution in [0.25, 0.3) is 10.9 Å². The average molecular weight is 542 g/mol. The summed E-state index contributed by atoms with van der Waals surface area (Å²) in [7, 11) is 0. The molecular formula is C27H32ClN5O5. The van der Waals surface area contributed by atoms with Crippen LogP contribution in [0.3, 0.4) is 0 Å². The predicted molar refractivity (Wildman–Crippen MR) is 144 cm³/mol. The lowest BCUT2D eigenvalue weighted by molar-refractivity contribution is 0.0261. The molecule has 0 bridgehead atoms. The van der Waals surface area contributed by atoms with Crippen LogP contribution in [0.15, 0.2) is 30.6 Å². The summed E-state index contributed by atoms with van der Waals surface area (Å²) in [6.45, 7) is 8.17. The van der Waals surface area contributed by atoms with E-state index in [1.54, 1.807) is 12.1 Å². The zero-order valence-corrected chi connectivity index (χ0v) is 22.1. The highest BCUT2D eigenvalue weighted by atomic mass is 35.5. The average Bonchev–Trinajstić information content (AvgIpc) is 3.41. The van der Waals surface area contributed by atoms with Crippen molar-refractivity contribution in [1.82, 2.24) is 20.2 Å². The van der Waals surface area contributed by atoms with E-state index < -0.39 is 0 Å². The lowest BCUT2D eigenvalue weighted by Crippen LogP contribution is -2.50. The highest BCUT2D eigenvalue weighted by Crippen LogP contribution is 2.46. The van der Waals surface area contributed by atoms with Gasteiger partial charge in [-0.2, -0.15) is 0 Å². The number of rotatable bonds is 8. The number of hydrogen-bond acceptors (Lipinski definition) is 10. The highest BCUT2D eigenvalue weighted by Gasteiger charge is 2.24. The van der Waals surface area contributed by atoms with Gasteiger partial charge in [-0.25, -0.2) is 9.97 Å². The van der Waals surface area contributed by atoms with E-state index >= 15 is 0 Å². The number of nitrogens with zero attached hydrogens (tertiary/aromatic N) is 3. The molecule has 0 spiro atoms. The summed E-state index contributed by atoms with van der Waals surface area (Å²) in [5, 5.41) is 8.03. The molecule has 2 fully saturated rings. The first-order valence-electron chi connectivity index (χ1n) is 13.1. The Morgan fingerprint density at radius 2 is 2.08 bits per heavy atom. The van der Waals surface area contributed by atoms with Crippen LogP contribution in [0.5, 0.6) is 23.0 Å². The number of hydrogen-bond donors (Lipinski definition) is 2. The number of fused-ring (bicyclic) bond motifs is 2. The summed E-state index contributed by atoms with van der Waals surface area (Å²) in [5.74, 6) is 3.11. The molecule has 2 saturated heterocycles. The quantitative estimate of drug-likeness (QED) is 0.435.